The lowest BCUT2D eigenvalue weighted by Crippen LogP contribution is -2.13. The molecule has 0 saturated heterocycles. The molecule has 106 valence electrons. The summed E-state index contributed by atoms with van der Waals surface area (Å²) in [7, 11) is 0. The first-order valence-electron chi connectivity index (χ1n) is 6.59. The highest BCUT2D eigenvalue weighted by molar-refractivity contribution is 6.29. The van der Waals surface area contributed by atoms with Crippen molar-refractivity contribution >= 4 is 34.2 Å². The maximum Gasteiger partial charge on any atom is 0.239 e. The fourth-order valence-electron chi connectivity index (χ4n) is 2.22. The van der Waals surface area contributed by atoms with Crippen molar-refractivity contribution in [3.05, 3.63) is 48.0 Å². The molecule has 3 rings (SSSR count). The predicted molar refractivity (Wildman–Crippen MR) is 85.6 cm³/mol. The molecule has 1 amide bonds. The second-order valence-corrected chi connectivity index (χ2v) is 5.08. The van der Waals surface area contributed by atoms with Gasteiger partial charge in [-0.3, -0.25) is 4.79 Å². The van der Waals surface area contributed by atoms with Gasteiger partial charge in [-0.1, -0.05) is 12.1 Å². The van der Waals surface area contributed by atoms with Crippen LogP contribution in [0, 0.1) is 6.92 Å². The van der Waals surface area contributed by atoms with Crippen molar-refractivity contribution in [1.82, 2.24) is 9.97 Å². The first kappa shape index (κ1) is 13.6. The van der Waals surface area contributed by atoms with E-state index in [4.69, 9.17) is 11.6 Å². The van der Waals surface area contributed by atoms with Crippen LogP contribution in [-0.4, -0.2) is 21.8 Å². The maximum atomic E-state index is 11.3. The van der Waals surface area contributed by atoms with Crippen LogP contribution in [0.3, 0.4) is 0 Å². The van der Waals surface area contributed by atoms with Gasteiger partial charge in [-0.05, 0) is 42.8 Å². The third kappa shape index (κ3) is 2.76. The molecule has 0 fully saturated rings. The summed E-state index contributed by atoms with van der Waals surface area (Å²) < 4.78 is 0. The molecule has 4 nitrogen and oxygen atoms in total. The predicted octanol–water partition coefficient (Wildman–Crippen LogP) is 3.72. The van der Waals surface area contributed by atoms with Crippen LogP contribution in [0.15, 0.2) is 42.5 Å². The summed E-state index contributed by atoms with van der Waals surface area (Å²) in [5.74, 6) is 0.552. The van der Waals surface area contributed by atoms with Gasteiger partial charge in [0.1, 0.15) is 11.7 Å². The van der Waals surface area contributed by atoms with Crippen molar-refractivity contribution in [1.29, 1.82) is 0 Å². The molecular formula is C16H14ClN3O. The Morgan fingerprint density at radius 2 is 2.10 bits per heavy atom. The van der Waals surface area contributed by atoms with Crippen LogP contribution in [0.25, 0.3) is 22.4 Å². The number of nitrogens with one attached hydrogen (secondary N) is 2. The van der Waals surface area contributed by atoms with E-state index in [-0.39, 0.29) is 11.8 Å². The summed E-state index contributed by atoms with van der Waals surface area (Å²) in [6, 6.07) is 13.7. The molecular weight excluding hydrogens is 286 g/mol. The standard InChI is InChI=1S/C16H14ClN3O/c1-10-8-11(6-7-12(10)18-15(21)9-17)16-19-13-4-2-3-5-14(13)20-16/h2-8H,9H2,1H3,(H,18,21)(H,19,20). The number of carbonyl (C=O) groups is 1. The molecule has 2 N–H and O–H groups in total. The van der Waals surface area contributed by atoms with Gasteiger partial charge in [0.25, 0.3) is 0 Å². The topological polar surface area (TPSA) is 57.8 Å². The Kier molecular flexibility index (Phi) is 3.62. The fourth-order valence-corrected chi connectivity index (χ4v) is 2.29. The van der Waals surface area contributed by atoms with Crippen LogP contribution in [0.5, 0.6) is 0 Å². The second kappa shape index (κ2) is 5.58. The lowest BCUT2D eigenvalue weighted by molar-refractivity contribution is -0.113. The minimum Gasteiger partial charge on any atom is -0.338 e. The Morgan fingerprint density at radius 3 is 2.81 bits per heavy atom. The first-order chi connectivity index (χ1) is 10.2. The number of aromatic nitrogens is 2. The van der Waals surface area contributed by atoms with Crippen LogP contribution in [0.2, 0.25) is 0 Å². The molecule has 3 aromatic rings. The van der Waals surface area contributed by atoms with Crippen molar-refractivity contribution < 1.29 is 4.79 Å². The van der Waals surface area contributed by atoms with Crippen molar-refractivity contribution in [2.75, 3.05) is 11.2 Å². The molecule has 0 unspecified atom stereocenters. The van der Waals surface area contributed by atoms with Crippen molar-refractivity contribution in [3.63, 3.8) is 0 Å². The Labute approximate surface area is 127 Å². The lowest BCUT2D eigenvalue weighted by atomic mass is 10.1. The van der Waals surface area contributed by atoms with E-state index in [2.05, 4.69) is 15.3 Å². The smallest absolute Gasteiger partial charge is 0.239 e. The van der Waals surface area contributed by atoms with Crippen LogP contribution >= 0.6 is 11.6 Å². The van der Waals surface area contributed by atoms with Crippen LogP contribution in [0.1, 0.15) is 5.56 Å². The Morgan fingerprint density at radius 1 is 1.29 bits per heavy atom. The number of hydrogen-bond donors (Lipinski definition) is 2. The van der Waals surface area contributed by atoms with Crippen LogP contribution < -0.4 is 5.32 Å². The highest BCUT2D eigenvalue weighted by atomic mass is 35.5. The molecule has 1 heterocycles. The van der Waals surface area contributed by atoms with E-state index >= 15 is 0 Å². The number of rotatable bonds is 3. The van der Waals surface area contributed by atoms with Crippen molar-refractivity contribution in [2.24, 2.45) is 0 Å². The number of amides is 1. The van der Waals surface area contributed by atoms with Gasteiger partial charge in [0.15, 0.2) is 0 Å². The van der Waals surface area contributed by atoms with E-state index in [1.54, 1.807) is 0 Å². The molecule has 0 aliphatic carbocycles. The largest absolute Gasteiger partial charge is 0.338 e. The zero-order chi connectivity index (χ0) is 14.8. The van der Waals surface area contributed by atoms with Gasteiger partial charge in [0.05, 0.1) is 11.0 Å². The van der Waals surface area contributed by atoms with E-state index < -0.39 is 0 Å². The number of aryl methyl sites for hydroxylation is 1. The number of para-hydroxylation sites is 2. The molecule has 2 aromatic carbocycles. The van der Waals surface area contributed by atoms with Gasteiger partial charge in [0, 0.05) is 11.3 Å². The maximum absolute atomic E-state index is 11.3. The summed E-state index contributed by atoms with van der Waals surface area (Å²) in [5.41, 5.74) is 4.65. The summed E-state index contributed by atoms with van der Waals surface area (Å²) in [5, 5.41) is 2.76. The number of H-pyrrole nitrogens is 1. The zero-order valence-corrected chi connectivity index (χ0v) is 12.2. The minimum atomic E-state index is -0.212. The number of nitrogens with zero attached hydrogens (tertiary/aromatic N) is 1. The number of alkyl halides is 1. The van der Waals surface area contributed by atoms with Gasteiger partial charge < -0.3 is 10.3 Å². The van der Waals surface area contributed by atoms with E-state index in [9.17, 15) is 4.79 Å². The quantitative estimate of drug-likeness (QED) is 0.724. The van der Waals surface area contributed by atoms with E-state index in [0.717, 1.165) is 33.7 Å². The Balaban J connectivity index is 1.96. The summed E-state index contributed by atoms with van der Waals surface area (Å²) in [6.07, 6.45) is 0. The Bertz CT molecular complexity index is 777. The number of aromatic amines is 1. The summed E-state index contributed by atoms with van der Waals surface area (Å²) >= 11 is 5.50. The SMILES string of the molecule is Cc1cc(-c2nc3ccccc3[nH]2)ccc1NC(=O)CCl. The lowest BCUT2D eigenvalue weighted by Gasteiger charge is -2.08. The summed E-state index contributed by atoms with van der Waals surface area (Å²) in [4.78, 5) is 19.2. The molecule has 21 heavy (non-hydrogen) atoms. The van der Waals surface area contributed by atoms with Crippen LogP contribution in [0.4, 0.5) is 5.69 Å². The highest BCUT2D eigenvalue weighted by Crippen LogP contribution is 2.25. The number of anilines is 1. The molecule has 0 spiro atoms. The van der Waals surface area contributed by atoms with Gasteiger partial charge >= 0.3 is 0 Å². The highest BCUT2D eigenvalue weighted by Gasteiger charge is 2.08. The van der Waals surface area contributed by atoms with E-state index in [1.807, 2.05) is 49.4 Å². The average Bonchev–Trinajstić information content (AvgIpc) is 2.93. The normalized spacial score (nSPS) is 10.8. The molecule has 0 bridgehead atoms. The van der Waals surface area contributed by atoms with Crippen molar-refractivity contribution in [2.45, 2.75) is 6.92 Å². The molecule has 0 saturated carbocycles. The van der Waals surface area contributed by atoms with E-state index in [1.165, 1.54) is 0 Å². The monoisotopic (exact) mass is 299 g/mol. The number of halogens is 1. The molecule has 0 aliphatic rings. The molecule has 5 heteroatoms. The number of carbonyl (C=O) groups excluding carboxylic acids is 1. The molecule has 0 aliphatic heterocycles. The zero-order valence-electron chi connectivity index (χ0n) is 11.5. The van der Waals surface area contributed by atoms with Crippen LogP contribution in [-0.2, 0) is 4.79 Å². The second-order valence-electron chi connectivity index (χ2n) is 4.81. The minimum absolute atomic E-state index is 0.0508. The molecule has 1 aromatic heterocycles. The number of benzene rings is 2. The number of imidazole rings is 1. The number of hydrogen-bond acceptors (Lipinski definition) is 2. The Hall–Kier alpha value is -2.33. The summed E-state index contributed by atoms with van der Waals surface area (Å²) in [6.45, 7) is 1.94. The van der Waals surface area contributed by atoms with E-state index in [0.29, 0.717) is 0 Å². The third-order valence-electron chi connectivity index (χ3n) is 3.28. The van der Waals surface area contributed by atoms with Gasteiger partial charge in [-0.2, -0.15) is 0 Å². The number of fused-ring (bicyclic) bond motifs is 1. The van der Waals surface area contributed by atoms with Gasteiger partial charge in [0.2, 0.25) is 5.91 Å². The third-order valence-corrected chi connectivity index (χ3v) is 3.53. The van der Waals surface area contributed by atoms with Gasteiger partial charge in [-0.15, -0.1) is 11.6 Å². The van der Waals surface area contributed by atoms with Crippen molar-refractivity contribution in [3.8, 4) is 11.4 Å². The molecule has 0 radical (unpaired) electrons. The molecule has 0 atom stereocenters. The average molecular weight is 300 g/mol. The fraction of sp³-hybridized carbons (Fsp3) is 0.125. The first-order valence-corrected chi connectivity index (χ1v) is 7.12. The van der Waals surface area contributed by atoms with Gasteiger partial charge in [-0.25, -0.2) is 4.98 Å².